The SMILES string of the molecule is S=c1nc2n([nH]1)Cc1ccccc1-2. The summed E-state index contributed by atoms with van der Waals surface area (Å²) in [6.07, 6.45) is 0. The molecular formula is C9H7N3S. The molecule has 64 valence electrons. The van der Waals surface area contributed by atoms with Crippen LogP contribution in [0.3, 0.4) is 0 Å². The van der Waals surface area contributed by atoms with Crippen LogP contribution in [0.2, 0.25) is 0 Å². The fourth-order valence-corrected chi connectivity index (χ4v) is 1.91. The highest BCUT2D eigenvalue weighted by Gasteiger charge is 2.18. The Morgan fingerprint density at radius 1 is 1.38 bits per heavy atom. The standard InChI is InChI=1S/C9H7N3S/c13-9-10-8-7-4-2-1-3-6(7)5-12(8)11-9/h1-4H,5H2,(H,11,13). The van der Waals surface area contributed by atoms with Crippen LogP contribution < -0.4 is 0 Å². The molecule has 2 aromatic rings. The molecule has 0 amide bonds. The third-order valence-corrected chi connectivity index (χ3v) is 2.46. The van der Waals surface area contributed by atoms with E-state index in [1.807, 2.05) is 16.8 Å². The number of rotatable bonds is 0. The van der Waals surface area contributed by atoms with Gasteiger partial charge in [0, 0.05) is 5.56 Å². The van der Waals surface area contributed by atoms with Crippen LogP contribution >= 0.6 is 12.2 Å². The van der Waals surface area contributed by atoms with Gasteiger partial charge in [-0.1, -0.05) is 24.3 Å². The number of aromatic nitrogens is 3. The largest absolute Gasteiger partial charge is 0.271 e. The second-order valence-electron chi connectivity index (χ2n) is 3.10. The van der Waals surface area contributed by atoms with E-state index in [0.717, 1.165) is 12.4 Å². The molecule has 0 unspecified atom stereocenters. The fraction of sp³-hybridized carbons (Fsp3) is 0.111. The van der Waals surface area contributed by atoms with Crippen LogP contribution in [0.5, 0.6) is 0 Å². The van der Waals surface area contributed by atoms with Crippen molar-refractivity contribution in [3.63, 3.8) is 0 Å². The summed E-state index contributed by atoms with van der Waals surface area (Å²) >= 11 is 4.96. The van der Waals surface area contributed by atoms with E-state index in [2.05, 4.69) is 22.2 Å². The number of hydrogen-bond acceptors (Lipinski definition) is 2. The molecule has 0 saturated carbocycles. The topological polar surface area (TPSA) is 33.6 Å². The Kier molecular flexibility index (Phi) is 1.24. The van der Waals surface area contributed by atoms with Crippen molar-refractivity contribution in [3.05, 3.63) is 34.6 Å². The van der Waals surface area contributed by atoms with Gasteiger partial charge in [0.2, 0.25) is 4.77 Å². The summed E-state index contributed by atoms with van der Waals surface area (Å²) in [7, 11) is 0. The average Bonchev–Trinajstić information content (AvgIpc) is 2.60. The Morgan fingerprint density at radius 3 is 3.15 bits per heavy atom. The van der Waals surface area contributed by atoms with Gasteiger partial charge in [-0.3, -0.25) is 9.78 Å². The van der Waals surface area contributed by atoms with Gasteiger partial charge in [-0.2, -0.15) is 4.98 Å². The van der Waals surface area contributed by atoms with Gasteiger partial charge in [-0.25, -0.2) is 0 Å². The van der Waals surface area contributed by atoms with E-state index in [4.69, 9.17) is 12.2 Å². The first kappa shape index (κ1) is 7.03. The van der Waals surface area contributed by atoms with Crippen molar-refractivity contribution in [2.24, 2.45) is 0 Å². The molecule has 2 heterocycles. The number of benzene rings is 1. The maximum Gasteiger partial charge on any atom is 0.213 e. The minimum absolute atomic E-state index is 0.560. The third-order valence-electron chi connectivity index (χ3n) is 2.28. The molecule has 13 heavy (non-hydrogen) atoms. The van der Waals surface area contributed by atoms with E-state index in [0.29, 0.717) is 4.77 Å². The van der Waals surface area contributed by atoms with E-state index < -0.39 is 0 Å². The highest BCUT2D eigenvalue weighted by Crippen LogP contribution is 2.28. The van der Waals surface area contributed by atoms with Crippen molar-refractivity contribution < 1.29 is 0 Å². The zero-order chi connectivity index (χ0) is 8.84. The lowest BCUT2D eigenvalue weighted by atomic mass is 10.1. The van der Waals surface area contributed by atoms with Crippen LogP contribution in [0.15, 0.2) is 24.3 Å². The molecular weight excluding hydrogens is 182 g/mol. The molecule has 0 aliphatic carbocycles. The molecule has 0 fully saturated rings. The maximum absolute atomic E-state index is 4.96. The van der Waals surface area contributed by atoms with E-state index in [-0.39, 0.29) is 0 Å². The first-order valence-corrected chi connectivity index (χ1v) is 4.50. The van der Waals surface area contributed by atoms with Gasteiger partial charge in [-0.05, 0) is 17.8 Å². The lowest BCUT2D eigenvalue weighted by Crippen LogP contribution is -1.94. The Bertz CT molecular complexity index is 524. The molecule has 0 spiro atoms. The van der Waals surface area contributed by atoms with Gasteiger partial charge in [-0.15, -0.1) is 0 Å². The van der Waals surface area contributed by atoms with Crippen LogP contribution in [0.1, 0.15) is 5.56 Å². The Balaban J connectivity index is 2.36. The maximum atomic E-state index is 4.96. The molecule has 1 aromatic carbocycles. The first-order chi connectivity index (χ1) is 6.34. The Morgan fingerprint density at radius 2 is 2.23 bits per heavy atom. The van der Waals surface area contributed by atoms with Gasteiger partial charge in [0.05, 0.1) is 6.54 Å². The smallest absolute Gasteiger partial charge is 0.213 e. The van der Waals surface area contributed by atoms with Gasteiger partial charge in [0.25, 0.3) is 0 Å². The van der Waals surface area contributed by atoms with Crippen molar-refractivity contribution in [1.29, 1.82) is 0 Å². The lowest BCUT2D eigenvalue weighted by Gasteiger charge is -1.93. The molecule has 1 aliphatic heterocycles. The molecule has 0 radical (unpaired) electrons. The summed E-state index contributed by atoms with van der Waals surface area (Å²) < 4.78 is 2.54. The van der Waals surface area contributed by atoms with Crippen molar-refractivity contribution >= 4 is 12.2 Å². The van der Waals surface area contributed by atoms with E-state index in [9.17, 15) is 0 Å². The lowest BCUT2D eigenvalue weighted by molar-refractivity contribution is 0.716. The van der Waals surface area contributed by atoms with Crippen molar-refractivity contribution in [1.82, 2.24) is 14.8 Å². The van der Waals surface area contributed by atoms with Crippen LogP contribution in [-0.4, -0.2) is 14.8 Å². The van der Waals surface area contributed by atoms with Gasteiger partial charge in [0.1, 0.15) is 0 Å². The first-order valence-electron chi connectivity index (χ1n) is 4.10. The van der Waals surface area contributed by atoms with E-state index in [1.54, 1.807) is 0 Å². The summed E-state index contributed by atoms with van der Waals surface area (Å²) in [5.74, 6) is 0.959. The number of nitrogens with one attached hydrogen (secondary N) is 1. The predicted molar refractivity (Wildman–Crippen MR) is 51.9 cm³/mol. The van der Waals surface area contributed by atoms with Crippen molar-refractivity contribution in [3.8, 4) is 11.4 Å². The molecule has 1 N–H and O–H groups in total. The number of nitrogens with zero attached hydrogens (tertiary/aromatic N) is 2. The molecule has 1 aliphatic rings. The highest BCUT2D eigenvalue weighted by atomic mass is 32.1. The van der Waals surface area contributed by atoms with Gasteiger partial charge >= 0.3 is 0 Å². The van der Waals surface area contributed by atoms with E-state index >= 15 is 0 Å². The number of aromatic amines is 1. The summed E-state index contributed by atoms with van der Waals surface area (Å²) in [4.78, 5) is 4.25. The number of fused-ring (bicyclic) bond motifs is 3. The van der Waals surface area contributed by atoms with Crippen LogP contribution in [0.25, 0.3) is 11.4 Å². The Labute approximate surface area is 80.0 Å². The molecule has 0 saturated heterocycles. The monoisotopic (exact) mass is 189 g/mol. The molecule has 1 aromatic heterocycles. The molecule has 0 bridgehead atoms. The van der Waals surface area contributed by atoms with Crippen LogP contribution in [0.4, 0.5) is 0 Å². The highest BCUT2D eigenvalue weighted by molar-refractivity contribution is 7.71. The van der Waals surface area contributed by atoms with Gasteiger partial charge < -0.3 is 0 Å². The predicted octanol–water partition coefficient (Wildman–Crippen LogP) is 1.97. The molecule has 0 atom stereocenters. The summed E-state index contributed by atoms with van der Waals surface area (Å²) in [6.45, 7) is 0.856. The molecule has 3 rings (SSSR count). The molecule has 3 nitrogen and oxygen atoms in total. The fourth-order valence-electron chi connectivity index (χ4n) is 1.72. The number of hydrogen-bond donors (Lipinski definition) is 1. The van der Waals surface area contributed by atoms with E-state index in [1.165, 1.54) is 11.1 Å². The zero-order valence-electron chi connectivity index (χ0n) is 6.82. The second kappa shape index (κ2) is 2.29. The molecule has 4 heteroatoms. The third kappa shape index (κ3) is 0.890. The summed E-state index contributed by atoms with van der Waals surface area (Å²) in [6, 6.07) is 8.25. The summed E-state index contributed by atoms with van der Waals surface area (Å²) in [5, 5.41) is 3.02. The van der Waals surface area contributed by atoms with Gasteiger partial charge in [0.15, 0.2) is 5.82 Å². The normalized spacial score (nSPS) is 12.6. The van der Waals surface area contributed by atoms with Crippen LogP contribution in [-0.2, 0) is 6.54 Å². The van der Waals surface area contributed by atoms with Crippen molar-refractivity contribution in [2.45, 2.75) is 6.54 Å². The van der Waals surface area contributed by atoms with Crippen LogP contribution in [0, 0.1) is 4.77 Å². The average molecular weight is 189 g/mol. The number of H-pyrrole nitrogens is 1. The minimum atomic E-state index is 0.560. The summed E-state index contributed by atoms with van der Waals surface area (Å²) in [5.41, 5.74) is 2.49. The van der Waals surface area contributed by atoms with Crippen molar-refractivity contribution in [2.75, 3.05) is 0 Å². The Hall–Kier alpha value is -1.42. The minimum Gasteiger partial charge on any atom is -0.271 e. The zero-order valence-corrected chi connectivity index (χ0v) is 7.64. The second-order valence-corrected chi connectivity index (χ2v) is 3.48. The quantitative estimate of drug-likeness (QED) is 0.548.